The van der Waals surface area contributed by atoms with Crippen molar-refractivity contribution in [3.05, 3.63) is 29.8 Å². The number of halogens is 3. The zero-order chi connectivity index (χ0) is 6.85. The minimum absolute atomic E-state index is 0. The standard InChI is InChI=1S/C6H5F2N.ClH/c7-4-1-5(8)3-6(9)2-4;/h1-3H,9H2;1H. The Hall–Kier alpha value is -0.830. The second-order valence-electron chi connectivity index (χ2n) is 1.70. The van der Waals surface area contributed by atoms with Crippen molar-refractivity contribution in [3.8, 4) is 0 Å². The number of benzene rings is 1. The third-order valence-corrected chi connectivity index (χ3v) is 0.885. The van der Waals surface area contributed by atoms with E-state index in [0.29, 0.717) is 0 Å². The number of rotatable bonds is 0. The van der Waals surface area contributed by atoms with E-state index in [4.69, 9.17) is 5.73 Å². The summed E-state index contributed by atoms with van der Waals surface area (Å²) in [6.07, 6.45) is 0. The number of hydrogen-bond acceptors (Lipinski definition) is 1. The predicted molar refractivity (Wildman–Crippen MR) is 38.0 cm³/mol. The fourth-order valence-electron chi connectivity index (χ4n) is 0.575. The molecule has 1 aromatic carbocycles. The fourth-order valence-corrected chi connectivity index (χ4v) is 0.575. The molecule has 2 N–H and O–H groups in total. The average molecular weight is 166 g/mol. The number of hydrogen-bond donors (Lipinski definition) is 1. The van der Waals surface area contributed by atoms with Crippen molar-refractivity contribution >= 4 is 18.1 Å². The third-order valence-electron chi connectivity index (χ3n) is 0.885. The van der Waals surface area contributed by atoms with Gasteiger partial charge in [-0.1, -0.05) is 0 Å². The van der Waals surface area contributed by atoms with Crippen LogP contribution < -0.4 is 5.73 Å². The van der Waals surface area contributed by atoms with E-state index in [1.807, 2.05) is 0 Å². The summed E-state index contributed by atoms with van der Waals surface area (Å²) in [7, 11) is 0. The molecule has 0 aliphatic carbocycles. The summed E-state index contributed by atoms with van der Waals surface area (Å²) in [5.41, 5.74) is 5.18. The lowest BCUT2D eigenvalue weighted by atomic mass is 10.3. The summed E-state index contributed by atoms with van der Waals surface area (Å²) >= 11 is 0. The van der Waals surface area contributed by atoms with Crippen molar-refractivity contribution in [3.63, 3.8) is 0 Å². The van der Waals surface area contributed by atoms with E-state index in [2.05, 4.69) is 0 Å². The van der Waals surface area contributed by atoms with Crippen LogP contribution in [0.3, 0.4) is 0 Å². The molecule has 0 saturated carbocycles. The Bertz CT molecular complexity index is 177. The highest BCUT2D eigenvalue weighted by atomic mass is 35.5. The highest BCUT2D eigenvalue weighted by Crippen LogP contribution is 2.07. The Morgan fingerprint density at radius 2 is 1.40 bits per heavy atom. The predicted octanol–water partition coefficient (Wildman–Crippen LogP) is 1.97. The summed E-state index contributed by atoms with van der Waals surface area (Å²) in [6, 6.07) is 2.89. The lowest BCUT2D eigenvalue weighted by Crippen LogP contribution is -1.87. The van der Waals surface area contributed by atoms with Crippen LogP contribution in [0.5, 0.6) is 0 Å². The molecular weight excluding hydrogens is 160 g/mol. The number of anilines is 1. The molecule has 0 amide bonds. The molecule has 0 aliphatic heterocycles. The first kappa shape index (κ1) is 9.17. The van der Waals surface area contributed by atoms with Gasteiger partial charge in [0.2, 0.25) is 0 Å². The summed E-state index contributed by atoms with van der Waals surface area (Å²) in [6.45, 7) is 0. The van der Waals surface area contributed by atoms with Gasteiger partial charge in [-0.15, -0.1) is 12.4 Å². The van der Waals surface area contributed by atoms with Crippen LogP contribution in [0.15, 0.2) is 18.2 Å². The molecule has 0 atom stereocenters. The first-order chi connectivity index (χ1) is 4.18. The molecule has 1 aromatic rings. The van der Waals surface area contributed by atoms with E-state index in [0.717, 1.165) is 18.2 Å². The molecule has 0 radical (unpaired) electrons. The summed E-state index contributed by atoms with van der Waals surface area (Å²) in [4.78, 5) is 0. The first-order valence-corrected chi connectivity index (χ1v) is 2.40. The van der Waals surface area contributed by atoms with Crippen LogP contribution in [0.25, 0.3) is 0 Å². The summed E-state index contributed by atoms with van der Waals surface area (Å²) < 4.78 is 24.2. The second kappa shape index (κ2) is 3.37. The zero-order valence-electron chi connectivity index (χ0n) is 4.97. The minimum Gasteiger partial charge on any atom is -0.399 e. The van der Waals surface area contributed by atoms with E-state index >= 15 is 0 Å². The molecular formula is C6H6ClF2N. The number of nitrogens with two attached hydrogens (primary N) is 1. The van der Waals surface area contributed by atoms with Crippen molar-refractivity contribution in [1.82, 2.24) is 0 Å². The lowest BCUT2D eigenvalue weighted by molar-refractivity contribution is 0.584. The van der Waals surface area contributed by atoms with Crippen LogP contribution in [0.2, 0.25) is 0 Å². The molecule has 0 fully saturated rings. The average Bonchev–Trinajstić information content (AvgIpc) is 1.59. The largest absolute Gasteiger partial charge is 0.399 e. The minimum atomic E-state index is -0.646. The molecule has 0 aromatic heterocycles. The van der Waals surface area contributed by atoms with Gasteiger partial charge in [0.25, 0.3) is 0 Å². The molecule has 4 heteroatoms. The monoisotopic (exact) mass is 165 g/mol. The van der Waals surface area contributed by atoms with Crippen LogP contribution in [-0.2, 0) is 0 Å². The van der Waals surface area contributed by atoms with E-state index in [-0.39, 0.29) is 18.1 Å². The van der Waals surface area contributed by atoms with Gasteiger partial charge in [0.1, 0.15) is 11.6 Å². The summed E-state index contributed by atoms with van der Waals surface area (Å²) in [5.74, 6) is -1.29. The molecule has 0 unspecified atom stereocenters. The third kappa shape index (κ3) is 2.19. The topological polar surface area (TPSA) is 26.0 Å². The number of nitrogen functional groups attached to an aromatic ring is 1. The highest BCUT2D eigenvalue weighted by molar-refractivity contribution is 5.85. The van der Waals surface area contributed by atoms with Gasteiger partial charge in [0, 0.05) is 11.8 Å². The van der Waals surface area contributed by atoms with Crippen molar-refractivity contribution < 1.29 is 8.78 Å². The molecule has 0 heterocycles. The van der Waals surface area contributed by atoms with Crippen LogP contribution in [-0.4, -0.2) is 0 Å². The SMILES string of the molecule is Cl.Nc1cc(F)cc(F)c1. The maximum absolute atomic E-state index is 12.1. The molecule has 0 spiro atoms. The van der Waals surface area contributed by atoms with Gasteiger partial charge in [0.15, 0.2) is 0 Å². The van der Waals surface area contributed by atoms with E-state index in [9.17, 15) is 8.78 Å². The molecule has 0 bridgehead atoms. The van der Waals surface area contributed by atoms with E-state index in [1.165, 1.54) is 0 Å². The van der Waals surface area contributed by atoms with Crippen molar-refractivity contribution in [2.24, 2.45) is 0 Å². The van der Waals surface area contributed by atoms with Gasteiger partial charge in [0.05, 0.1) is 0 Å². The Labute approximate surface area is 63.3 Å². The first-order valence-electron chi connectivity index (χ1n) is 2.40. The van der Waals surface area contributed by atoms with Crippen LogP contribution in [0.4, 0.5) is 14.5 Å². The quantitative estimate of drug-likeness (QED) is 0.585. The van der Waals surface area contributed by atoms with Crippen molar-refractivity contribution in [1.29, 1.82) is 0 Å². The smallest absolute Gasteiger partial charge is 0.128 e. The fraction of sp³-hybridized carbons (Fsp3) is 0. The Balaban J connectivity index is 0.000000810. The van der Waals surface area contributed by atoms with Gasteiger partial charge in [-0.25, -0.2) is 8.78 Å². The highest BCUT2D eigenvalue weighted by Gasteiger charge is 1.94. The van der Waals surface area contributed by atoms with Crippen molar-refractivity contribution in [2.75, 3.05) is 5.73 Å². The molecule has 0 aliphatic rings. The van der Waals surface area contributed by atoms with Crippen LogP contribution in [0.1, 0.15) is 0 Å². The zero-order valence-corrected chi connectivity index (χ0v) is 5.79. The molecule has 56 valence electrons. The Morgan fingerprint density at radius 1 is 1.00 bits per heavy atom. The van der Waals surface area contributed by atoms with Gasteiger partial charge in [-0.2, -0.15) is 0 Å². The van der Waals surface area contributed by atoms with Crippen LogP contribution >= 0.6 is 12.4 Å². The van der Waals surface area contributed by atoms with Gasteiger partial charge >= 0.3 is 0 Å². The Kier molecular flexibility index (Phi) is 3.09. The van der Waals surface area contributed by atoms with Crippen LogP contribution in [0, 0.1) is 11.6 Å². The van der Waals surface area contributed by atoms with E-state index < -0.39 is 11.6 Å². The maximum atomic E-state index is 12.1. The molecule has 1 nitrogen and oxygen atoms in total. The van der Waals surface area contributed by atoms with Gasteiger partial charge in [-0.3, -0.25) is 0 Å². The maximum Gasteiger partial charge on any atom is 0.128 e. The molecule has 1 rings (SSSR count). The summed E-state index contributed by atoms with van der Waals surface area (Å²) in [5, 5.41) is 0. The Morgan fingerprint density at radius 3 is 1.70 bits per heavy atom. The van der Waals surface area contributed by atoms with Gasteiger partial charge < -0.3 is 5.73 Å². The van der Waals surface area contributed by atoms with Crippen molar-refractivity contribution in [2.45, 2.75) is 0 Å². The second-order valence-corrected chi connectivity index (χ2v) is 1.70. The van der Waals surface area contributed by atoms with E-state index in [1.54, 1.807) is 0 Å². The molecule has 0 saturated heterocycles. The normalized spacial score (nSPS) is 8.60. The molecule has 10 heavy (non-hydrogen) atoms. The van der Waals surface area contributed by atoms with Gasteiger partial charge in [-0.05, 0) is 12.1 Å². The lowest BCUT2D eigenvalue weighted by Gasteiger charge is -1.91.